The van der Waals surface area contributed by atoms with Crippen molar-refractivity contribution in [1.82, 2.24) is 20.4 Å². The van der Waals surface area contributed by atoms with Crippen molar-refractivity contribution in [3.05, 3.63) is 17.8 Å². The molecule has 0 spiro atoms. The van der Waals surface area contributed by atoms with E-state index >= 15 is 0 Å². The van der Waals surface area contributed by atoms with Gasteiger partial charge in [-0.15, -0.1) is 0 Å². The van der Waals surface area contributed by atoms with Crippen LogP contribution in [-0.4, -0.2) is 58.8 Å². The van der Waals surface area contributed by atoms with Crippen LogP contribution in [0.15, 0.2) is 12.3 Å². The molecule has 194 valence electrons. The third kappa shape index (κ3) is 5.50. The predicted octanol–water partition coefficient (Wildman–Crippen LogP) is 3.44. The summed E-state index contributed by atoms with van der Waals surface area (Å²) < 4.78 is 12.3. The Labute approximate surface area is 207 Å². The smallest absolute Gasteiger partial charge is 0.407 e. The van der Waals surface area contributed by atoms with Crippen LogP contribution in [-0.2, 0) is 4.74 Å². The van der Waals surface area contributed by atoms with Gasteiger partial charge in [-0.05, 0) is 81.1 Å². The minimum Gasteiger partial charge on any atom is -0.477 e. The molecule has 0 saturated heterocycles. The number of hydrogen-bond acceptors (Lipinski definition) is 6. The van der Waals surface area contributed by atoms with E-state index in [-0.39, 0.29) is 29.9 Å². The number of carbonyl (C=O) groups excluding carboxylic acids is 2. The van der Waals surface area contributed by atoms with Gasteiger partial charge in [-0.25, -0.2) is 9.48 Å². The maximum atomic E-state index is 13.5. The van der Waals surface area contributed by atoms with Gasteiger partial charge in [0.2, 0.25) is 5.88 Å². The Morgan fingerprint density at radius 1 is 1.29 bits per heavy atom. The van der Waals surface area contributed by atoms with Gasteiger partial charge in [0.1, 0.15) is 5.56 Å². The number of amides is 2. The van der Waals surface area contributed by atoms with E-state index in [9.17, 15) is 14.7 Å². The van der Waals surface area contributed by atoms with E-state index in [1.165, 1.54) is 11.8 Å². The highest BCUT2D eigenvalue weighted by molar-refractivity contribution is 5.96. The number of rotatable bonds is 9. The van der Waals surface area contributed by atoms with Gasteiger partial charge in [0.05, 0.1) is 25.5 Å². The number of hydrogen-bond donors (Lipinski definition) is 3. The first kappa shape index (κ1) is 25.5. The van der Waals surface area contributed by atoms with Crippen LogP contribution in [0.25, 0.3) is 6.20 Å². The minimum absolute atomic E-state index is 0.0595. The van der Waals surface area contributed by atoms with E-state index in [0.29, 0.717) is 35.8 Å². The van der Waals surface area contributed by atoms with Crippen molar-refractivity contribution in [1.29, 1.82) is 0 Å². The van der Waals surface area contributed by atoms with Gasteiger partial charge < -0.3 is 25.2 Å². The van der Waals surface area contributed by atoms with E-state index in [4.69, 9.17) is 9.47 Å². The van der Waals surface area contributed by atoms with Gasteiger partial charge in [-0.3, -0.25) is 4.79 Å². The van der Waals surface area contributed by atoms with Crippen molar-refractivity contribution < 1.29 is 24.2 Å². The summed E-state index contributed by atoms with van der Waals surface area (Å²) in [5, 5.41) is 20.5. The highest BCUT2D eigenvalue weighted by atomic mass is 16.5. The Balaban J connectivity index is 1.52. The zero-order valence-electron chi connectivity index (χ0n) is 21.5. The maximum absolute atomic E-state index is 13.5. The van der Waals surface area contributed by atoms with Gasteiger partial charge in [0.15, 0.2) is 0 Å². The number of carbonyl (C=O) groups is 2. The molecule has 1 heterocycles. The van der Waals surface area contributed by atoms with Gasteiger partial charge in [-0.1, -0.05) is 13.8 Å². The first-order chi connectivity index (χ1) is 16.5. The summed E-state index contributed by atoms with van der Waals surface area (Å²) in [5.41, 5.74) is -0.233. The van der Waals surface area contributed by atoms with Crippen LogP contribution in [0.3, 0.4) is 0 Å². The first-order valence-electron chi connectivity index (χ1n) is 12.7. The maximum Gasteiger partial charge on any atom is 0.407 e. The molecular formula is C26H40N4O5. The number of nitrogens with one attached hydrogen (secondary N) is 2. The number of aliphatic hydroxyl groups excluding tert-OH is 1. The van der Waals surface area contributed by atoms with E-state index in [1.54, 1.807) is 18.5 Å². The fourth-order valence-electron chi connectivity index (χ4n) is 6.47. The van der Waals surface area contributed by atoms with Crippen molar-refractivity contribution in [3.8, 4) is 5.88 Å². The van der Waals surface area contributed by atoms with Crippen LogP contribution in [0.5, 0.6) is 5.88 Å². The molecule has 4 aliphatic rings. The lowest BCUT2D eigenvalue weighted by molar-refractivity contribution is -0.0969. The van der Waals surface area contributed by atoms with Crippen LogP contribution in [0.4, 0.5) is 4.79 Å². The second-order valence-corrected chi connectivity index (χ2v) is 11.8. The molecule has 9 heteroatoms. The quantitative estimate of drug-likeness (QED) is 0.491. The number of aliphatic hydroxyl groups is 1. The van der Waals surface area contributed by atoms with E-state index in [2.05, 4.69) is 15.7 Å². The molecule has 9 nitrogen and oxygen atoms in total. The highest BCUT2D eigenvalue weighted by Gasteiger charge is 2.55. The van der Waals surface area contributed by atoms with Crippen molar-refractivity contribution in [3.63, 3.8) is 0 Å². The summed E-state index contributed by atoms with van der Waals surface area (Å²) >= 11 is 0. The standard InChI is InChI=1S/C26H40N4O5/c1-16(2)14-35-23-20(13-27-30(23)7-6-25(3,4)29-24(33)34-5)22(32)28-21-18-8-17-9-19(21)12-26(10-17,11-18)15-31/h6-7,13,16-19,21,31H,8-12,14-15H2,1-5H3,(H,28,32)(H,29,33). The Hall–Kier alpha value is -2.55. The molecule has 35 heavy (non-hydrogen) atoms. The van der Waals surface area contributed by atoms with E-state index in [1.807, 2.05) is 27.7 Å². The monoisotopic (exact) mass is 488 g/mol. The summed E-state index contributed by atoms with van der Waals surface area (Å²) in [6.07, 6.45) is 9.84. The summed E-state index contributed by atoms with van der Waals surface area (Å²) in [4.78, 5) is 25.1. The zero-order valence-corrected chi connectivity index (χ0v) is 21.5. The molecule has 0 radical (unpaired) electrons. The molecule has 4 saturated carbocycles. The second kappa shape index (κ2) is 9.84. The van der Waals surface area contributed by atoms with Gasteiger partial charge in [0.25, 0.3) is 5.91 Å². The van der Waals surface area contributed by atoms with E-state index < -0.39 is 11.6 Å². The van der Waals surface area contributed by atoms with Crippen molar-refractivity contribution >= 4 is 18.2 Å². The Bertz CT molecular complexity index is 953. The van der Waals surface area contributed by atoms with Crippen LogP contribution >= 0.6 is 0 Å². The fraction of sp³-hybridized carbons (Fsp3) is 0.731. The van der Waals surface area contributed by atoms with Crippen molar-refractivity contribution in [2.45, 2.75) is 71.4 Å². The lowest BCUT2D eigenvalue weighted by atomic mass is 9.48. The van der Waals surface area contributed by atoms with Crippen LogP contribution < -0.4 is 15.4 Å². The number of aromatic nitrogens is 2. The molecule has 4 bridgehead atoms. The predicted molar refractivity (Wildman–Crippen MR) is 132 cm³/mol. The summed E-state index contributed by atoms with van der Waals surface area (Å²) in [6.45, 7) is 8.45. The number of methoxy groups -OCH3 is 1. The molecule has 2 amide bonds. The molecule has 3 N–H and O–H groups in total. The van der Waals surface area contributed by atoms with E-state index in [0.717, 1.165) is 32.1 Å². The second-order valence-electron chi connectivity index (χ2n) is 11.8. The third-order valence-electron chi connectivity index (χ3n) is 7.82. The Morgan fingerprint density at radius 2 is 1.97 bits per heavy atom. The normalized spacial score (nSPS) is 29.6. The Morgan fingerprint density at radius 3 is 2.57 bits per heavy atom. The summed E-state index contributed by atoms with van der Waals surface area (Å²) in [7, 11) is 1.32. The molecule has 1 aromatic rings. The lowest BCUT2D eigenvalue weighted by Gasteiger charge is -2.59. The SMILES string of the molecule is COC(=O)NC(C)(C)C=Cn1ncc(C(=O)NC2C3CC4CC2CC(CO)(C4)C3)c1OCC(C)C. The average molecular weight is 489 g/mol. The minimum atomic E-state index is -0.695. The Kier molecular flexibility index (Phi) is 7.18. The molecular weight excluding hydrogens is 448 g/mol. The van der Waals surface area contributed by atoms with Gasteiger partial charge >= 0.3 is 6.09 Å². The third-order valence-corrected chi connectivity index (χ3v) is 7.82. The molecule has 0 aliphatic heterocycles. The van der Waals surface area contributed by atoms with Crippen LogP contribution in [0.2, 0.25) is 0 Å². The molecule has 4 fully saturated rings. The number of alkyl carbamates (subject to hydrolysis) is 1. The number of ether oxygens (including phenoxy) is 2. The molecule has 1 aromatic heterocycles. The summed E-state index contributed by atoms with van der Waals surface area (Å²) in [6, 6.07) is 0.124. The van der Waals surface area contributed by atoms with Crippen LogP contribution in [0.1, 0.15) is 70.2 Å². The molecule has 0 aromatic carbocycles. The van der Waals surface area contributed by atoms with Crippen molar-refractivity contribution in [2.24, 2.45) is 29.1 Å². The first-order valence-corrected chi connectivity index (χ1v) is 12.7. The van der Waals surface area contributed by atoms with Gasteiger partial charge in [-0.2, -0.15) is 5.10 Å². The van der Waals surface area contributed by atoms with Crippen LogP contribution in [0, 0.1) is 29.1 Å². The lowest BCUT2D eigenvalue weighted by Crippen LogP contribution is -2.60. The molecule has 4 aliphatic carbocycles. The largest absolute Gasteiger partial charge is 0.477 e. The highest BCUT2D eigenvalue weighted by Crippen LogP contribution is 2.59. The van der Waals surface area contributed by atoms with Gasteiger partial charge in [0, 0.05) is 18.8 Å². The molecule has 2 unspecified atom stereocenters. The van der Waals surface area contributed by atoms with Crippen molar-refractivity contribution in [2.75, 3.05) is 20.3 Å². The molecule has 2 atom stereocenters. The fourth-order valence-corrected chi connectivity index (χ4v) is 6.47. The molecule has 5 rings (SSSR count). The average Bonchev–Trinajstić information content (AvgIpc) is 3.21. The zero-order chi connectivity index (χ0) is 25.4. The summed E-state index contributed by atoms with van der Waals surface area (Å²) in [5.74, 6) is 1.99. The topological polar surface area (TPSA) is 115 Å². The number of nitrogens with zero attached hydrogens (tertiary/aromatic N) is 2.